The molecule has 76 valence electrons. The third-order valence-electron chi connectivity index (χ3n) is 2.13. The molecule has 0 aromatic carbocycles. The van der Waals surface area contributed by atoms with Crippen LogP contribution in [0.15, 0.2) is 12.7 Å². The molecule has 0 bridgehead atoms. The lowest BCUT2D eigenvalue weighted by Crippen LogP contribution is -2.55. The highest BCUT2D eigenvalue weighted by Crippen LogP contribution is 2.03. The van der Waals surface area contributed by atoms with E-state index in [2.05, 4.69) is 17.2 Å². The number of nitrogens with one attached hydrogen (secondary N) is 2. The Morgan fingerprint density at radius 1 is 1.79 bits per heavy atom. The van der Waals surface area contributed by atoms with Crippen LogP contribution in [0.4, 0.5) is 0 Å². The molecule has 0 aromatic heterocycles. The summed E-state index contributed by atoms with van der Waals surface area (Å²) in [5.74, 6) is -0.361. The average Bonchev–Trinajstić information content (AvgIpc) is 2.70. The first-order valence-electron chi connectivity index (χ1n) is 4.37. The predicted molar refractivity (Wildman–Crippen MR) is 52.0 cm³/mol. The molecule has 5 nitrogen and oxygen atoms in total. The Bertz CT molecular complexity index is 298. The average molecular weight is 196 g/mol. The van der Waals surface area contributed by atoms with Gasteiger partial charge >= 0.3 is 0 Å². The topological polar surface area (TPSA) is 61.2 Å². The Hall–Kier alpha value is -1.65. The van der Waals surface area contributed by atoms with E-state index in [9.17, 15) is 9.59 Å². The molecule has 0 radical (unpaired) electrons. The molecule has 1 heterocycles. The number of hydrogen-bond donors (Lipinski definition) is 2. The van der Waals surface area contributed by atoms with Gasteiger partial charge in [0.05, 0.1) is 0 Å². The molecular weight excluding hydrogens is 182 g/mol. The molecule has 0 aliphatic carbocycles. The number of nitrogens with zero attached hydrogens (tertiary/aromatic N) is 1. The van der Waals surface area contributed by atoms with Crippen LogP contribution in [0.25, 0.3) is 0 Å². The summed E-state index contributed by atoms with van der Waals surface area (Å²) < 4.78 is 1.74. The molecule has 0 spiro atoms. The van der Waals surface area contributed by atoms with Crippen LogP contribution in [-0.4, -0.2) is 41.9 Å². The van der Waals surface area contributed by atoms with Crippen LogP contribution >= 0.6 is 0 Å². The normalized spacial score (nSPS) is 18.8. The molecule has 2 N–H and O–H groups in total. The second-order valence-electron chi connectivity index (χ2n) is 3.24. The second kappa shape index (κ2) is 4.04. The zero-order valence-electron chi connectivity index (χ0n) is 8.12. The molecule has 1 atom stereocenters. The lowest BCUT2D eigenvalue weighted by Gasteiger charge is -2.22. The molecule has 1 aliphatic heterocycles. The molecule has 1 amide bonds. The highest BCUT2D eigenvalue weighted by molar-refractivity contribution is 5.89. The SMILES string of the molecule is C=CC(=O)NC(C)(C=O)[N+]1=CNCC1. The zero-order valence-corrected chi connectivity index (χ0v) is 8.12. The summed E-state index contributed by atoms with van der Waals surface area (Å²) >= 11 is 0. The van der Waals surface area contributed by atoms with Crippen LogP contribution in [0.2, 0.25) is 0 Å². The summed E-state index contributed by atoms with van der Waals surface area (Å²) in [6.45, 7) is 6.44. The third kappa shape index (κ3) is 1.99. The Morgan fingerprint density at radius 3 is 2.93 bits per heavy atom. The summed E-state index contributed by atoms with van der Waals surface area (Å²) in [5.41, 5.74) is -0.991. The van der Waals surface area contributed by atoms with Gasteiger partial charge in [-0.25, -0.2) is 4.58 Å². The van der Waals surface area contributed by atoms with Crippen molar-refractivity contribution in [3.8, 4) is 0 Å². The van der Waals surface area contributed by atoms with Gasteiger partial charge in [0.25, 0.3) is 0 Å². The fraction of sp³-hybridized carbons (Fsp3) is 0.444. The number of carbonyl (C=O) groups is 2. The summed E-state index contributed by atoms with van der Waals surface area (Å²) in [6, 6.07) is 0. The van der Waals surface area contributed by atoms with Gasteiger partial charge in [-0.05, 0) is 6.08 Å². The van der Waals surface area contributed by atoms with Gasteiger partial charge in [0.2, 0.25) is 17.9 Å². The minimum Gasteiger partial charge on any atom is -0.306 e. The van der Waals surface area contributed by atoms with E-state index in [0.29, 0.717) is 12.8 Å². The van der Waals surface area contributed by atoms with E-state index in [4.69, 9.17) is 0 Å². The Morgan fingerprint density at radius 2 is 2.50 bits per heavy atom. The molecule has 5 heteroatoms. The van der Waals surface area contributed by atoms with E-state index in [-0.39, 0.29) is 5.91 Å². The van der Waals surface area contributed by atoms with Crippen molar-refractivity contribution in [1.29, 1.82) is 0 Å². The summed E-state index contributed by atoms with van der Waals surface area (Å²) in [4.78, 5) is 22.0. The number of amides is 1. The van der Waals surface area contributed by atoms with E-state index in [1.807, 2.05) is 0 Å². The molecule has 0 fully saturated rings. The van der Waals surface area contributed by atoms with Crippen molar-refractivity contribution in [2.24, 2.45) is 0 Å². The molecule has 14 heavy (non-hydrogen) atoms. The van der Waals surface area contributed by atoms with E-state index in [0.717, 1.165) is 12.6 Å². The highest BCUT2D eigenvalue weighted by atomic mass is 16.2. The van der Waals surface area contributed by atoms with E-state index < -0.39 is 5.66 Å². The van der Waals surface area contributed by atoms with Crippen molar-refractivity contribution in [3.05, 3.63) is 12.7 Å². The molecule has 0 aromatic rings. The molecule has 1 aliphatic rings. The summed E-state index contributed by atoms with van der Waals surface area (Å²) in [7, 11) is 0. The van der Waals surface area contributed by atoms with Crippen LogP contribution in [-0.2, 0) is 9.59 Å². The fourth-order valence-corrected chi connectivity index (χ4v) is 1.26. The largest absolute Gasteiger partial charge is 0.306 e. The van der Waals surface area contributed by atoms with Crippen LogP contribution in [0, 0.1) is 0 Å². The predicted octanol–water partition coefficient (Wildman–Crippen LogP) is -1.15. The van der Waals surface area contributed by atoms with Crippen LogP contribution in [0.5, 0.6) is 0 Å². The van der Waals surface area contributed by atoms with Crippen molar-refractivity contribution in [3.63, 3.8) is 0 Å². The lowest BCUT2D eigenvalue weighted by atomic mass is 10.2. The first-order chi connectivity index (χ1) is 6.62. The number of aldehydes is 1. The van der Waals surface area contributed by atoms with Crippen molar-refractivity contribution >= 4 is 18.5 Å². The maximum absolute atomic E-state index is 11.1. The molecule has 1 rings (SSSR count). The second-order valence-corrected chi connectivity index (χ2v) is 3.24. The van der Waals surface area contributed by atoms with Crippen molar-refractivity contribution < 1.29 is 14.2 Å². The van der Waals surface area contributed by atoms with Gasteiger partial charge in [-0.2, -0.15) is 0 Å². The maximum atomic E-state index is 11.1. The quantitative estimate of drug-likeness (QED) is 0.339. The van der Waals surface area contributed by atoms with Crippen LogP contribution in [0.3, 0.4) is 0 Å². The van der Waals surface area contributed by atoms with Gasteiger partial charge in [-0.3, -0.25) is 14.9 Å². The van der Waals surface area contributed by atoms with E-state index in [1.165, 1.54) is 0 Å². The highest BCUT2D eigenvalue weighted by Gasteiger charge is 2.34. The minimum absolute atomic E-state index is 0.361. The summed E-state index contributed by atoms with van der Waals surface area (Å²) in [5, 5.41) is 5.53. The van der Waals surface area contributed by atoms with Crippen LogP contribution < -0.4 is 10.6 Å². The first-order valence-corrected chi connectivity index (χ1v) is 4.37. The van der Waals surface area contributed by atoms with Gasteiger partial charge in [-0.15, -0.1) is 0 Å². The third-order valence-corrected chi connectivity index (χ3v) is 2.13. The van der Waals surface area contributed by atoms with Gasteiger partial charge in [-0.1, -0.05) is 6.58 Å². The van der Waals surface area contributed by atoms with E-state index in [1.54, 1.807) is 17.8 Å². The van der Waals surface area contributed by atoms with Gasteiger partial charge < -0.3 is 5.32 Å². The van der Waals surface area contributed by atoms with Gasteiger partial charge in [0.15, 0.2) is 6.29 Å². The monoisotopic (exact) mass is 196 g/mol. The van der Waals surface area contributed by atoms with Crippen LogP contribution in [0.1, 0.15) is 6.92 Å². The smallest absolute Gasteiger partial charge is 0.247 e. The summed E-state index contributed by atoms with van der Waals surface area (Å²) in [6.07, 6.45) is 3.54. The Kier molecular flexibility index (Phi) is 3.01. The van der Waals surface area contributed by atoms with Crippen molar-refractivity contribution in [1.82, 2.24) is 10.6 Å². The molecule has 1 unspecified atom stereocenters. The molecule has 0 saturated heterocycles. The van der Waals surface area contributed by atoms with Gasteiger partial charge in [0, 0.05) is 6.92 Å². The molecular formula is C9H14N3O2+. The molecule has 0 saturated carbocycles. The number of rotatable bonds is 4. The standard InChI is InChI=1S/C9H13N3O2/c1-3-8(14)11-9(2,6-13)12-5-4-10-7-12/h3,6-7H,1,4-5H2,2H3,(H,11,14)/p+1. The van der Waals surface area contributed by atoms with Gasteiger partial charge in [0.1, 0.15) is 13.1 Å². The first kappa shape index (κ1) is 10.4. The van der Waals surface area contributed by atoms with Crippen molar-refractivity contribution in [2.75, 3.05) is 13.1 Å². The van der Waals surface area contributed by atoms with E-state index >= 15 is 0 Å². The Labute approximate surface area is 82.5 Å². The minimum atomic E-state index is -0.991. The van der Waals surface area contributed by atoms with Crippen molar-refractivity contribution in [2.45, 2.75) is 12.6 Å². The number of carbonyl (C=O) groups excluding carboxylic acids is 2. The fourth-order valence-electron chi connectivity index (χ4n) is 1.26. The lowest BCUT2D eigenvalue weighted by molar-refractivity contribution is -0.579. The Balaban J connectivity index is 2.79. The number of hydrogen-bond acceptors (Lipinski definition) is 3. The zero-order chi connectivity index (χ0) is 10.6. The maximum Gasteiger partial charge on any atom is 0.247 e.